The van der Waals surface area contributed by atoms with Gasteiger partial charge in [-0.25, -0.2) is 10.2 Å². The zero-order valence-corrected chi connectivity index (χ0v) is 37.0. The number of fused-ring (bicyclic) bond motifs is 3. The van der Waals surface area contributed by atoms with Crippen LogP contribution >= 0.6 is 0 Å². The zero-order valence-electron chi connectivity index (χ0n) is 42.5. The van der Waals surface area contributed by atoms with E-state index in [0.717, 1.165) is 41.7 Å². The van der Waals surface area contributed by atoms with Crippen molar-refractivity contribution in [1.82, 2.24) is 15.0 Å². The maximum Gasteiger partial charge on any atom is 0.216 e. The summed E-state index contributed by atoms with van der Waals surface area (Å²) in [6.45, 7) is -1.33. The van der Waals surface area contributed by atoms with Gasteiger partial charge in [-0.1, -0.05) is 73.2 Å². The van der Waals surface area contributed by atoms with E-state index in [-0.39, 0.29) is 65.6 Å². The molecule has 0 aliphatic heterocycles. The Hall–Kier alpha value is -4.48. The molecule has 57 heavy (non-hydrogen) atoms. The van der Waals surface area contributed by atoms with Crippen molar-refractivity contribution in [3.05, 3.63) is 131 Å². The Morgan fingerprint density at radius 2 is 1.67 bits per heavy atom. The second-order valence-electron chi connectivity index (χ2n) is 15.4. The third kappa shape index (κ3) is 9.47. The van der Waals surface area contributed by atoms with Crippen molar-refractivity contribution in [2.75, 3.05) is 0 Å². The molecule has 8 heteroatoms. The van der Waals surface area contributed by atoms with Crippen LogP contribution in [0, 0.1) is 54.8 Å². The van der Waals surface area contributed by atoms with Crippen molar-refractivity contribution in [3.63, 3.8) is 0 Å². The van der Waals surface area contributed by atoms with E-state index >= 15 is 0 Å². The summed E-state index contributed by atoms with van der Waals surface area (Å²) in [6, 6.07) is 28.1. The van der Waals surface area contributed by atoms with Crippen LogP contribution in [0.5, 0.6) is 0 Å². The van der Waals surface area contributed by atoms with Gasteiger partial charge in [0.1, 0.15) is 0 Å². The van der Waals surface area contributed by atoms with Crippen LogP contribution in [0.4, 0.5) is 4.39 Å². The van der Waals surface area contributed by atoms with Gasteiger partial charge in [0.15, 0.2) is 0 Å². The van der Waals surface area contributed by atoms with Crippen LogP contribution < -0.4 is 4.40 Å². The maximum absolute atomic E-state index is 14.6. The second-order valence-corrected chi connectivity index (χ2v) is 26.0. The topological polar surface area (TPSA) is 75.6 Å². The summed E-state index contributed by atoms with van der Waals surface area (Å²) in [5.41, 5.74) is 4.10. The first kappa shape index (κ1) is 30.6. The molecule has 1 aliphatic carbocycles. The van der Waals surface area contributed by atoms with Gasteiger partial charge in [0.25, 0.3) is 0 Å². The Bertz CT molecular complexity index is 2970. The Morgan fingerprint density at radius 1 is 0.930 bits per heavy atom. The smallest absolute Gasteiger partial charge is 0.216 e. The van der Waals surface area contributed by atoms with Crippen LogP contribution in [-0.2, 0) is 32.9 Å². The van der Waals surface area contributed by atoms with E-state index in [1.165, 1.54) is 18.3 Å². The van der Waals surface area contributed by atoms with E-state index in [2.05, 4.69) is 45.4 Å². The summed E-state index contributed by atoms with van der Waals surface area (Å²) >= 11 is -2.43. The first-order valence-corrected chi connectivity index (χ1v) is 26.2. The number of halogens is 1. The number of hydrogen-bond donors (Lipinski definition) is 0. The molecular formula is C49H49FGeIrN4O-2. The third-order valence-corrected chi connectivity index (χ3v) is 14.0. The van der Waals surface area contributed by atoms with Crippen LogP contribution in [0.3, 0.4) is 0 Å². The van der Waals surface area contributed by atoms with E-state index in [4.69, 9.17) is 23.1 Å². The quantitative estimate of drug-likeness (QED) is 0.112. The van der Waals surface area contributed by atoms with Gasteiger partial charge in [-0.05, 0) is 53.5 Å². The fourth-order valence-electron chi connectivity index (χ4n) is 7.03. The van der Waals surface area contributed by atoms with Gasteiger partial charge in [0, 0.05) is 50.2 Å². The SMILES string of the molecule is [2H]C([2H])([2H])c1c[c-]c(-c2cc(C([2H])([2H])C(C)C)[c]([Ge]([CH3])([CH3])[CH3])cn2)c(F)c1.[2H]C([2H])([2H])c1cc(-c2[c-]cc(C#N)c3c2oc2nc(-c4ccccc4)ccc23)ncc1C([2H])([2H])C1CCCC1.[Ir]. The number of pyridine rings is 3. The number of nitrogens with zero attached hydrogens (tertiary/aromatic N) is 4. The van der Waals surface area contributed by atoms with Gasteiger partial charge in [-0.15, -0.1) is 12.1 Å². The normalized spacial score (nSPS) is 16.6. The largest absolute Gasteiger partial charge is 0.486 e. The molecule has 0 atom stereocenters. The van der Waals surface area contributed by atoms with E-state index in [0.29, 0.717) is 44.5 Å². The summed E-state index contributed by atoms with van der Waals surface area (Å²) in [4.78, 5) is 13.6. The molecule has 293 valence electrons. The Balaban J connectivity index is 0.000000234. The number of benzene rings is 3. The van der Waals surface area contributed by atoms with E-state index in [9.17, 15) is 9.65 Å². The average molecular weight is 1000 g/mol. The van der Waals surface area contributed by atoms with Gasteiger partial charge in [0.05, 0.1) is 11.3 Å². The first-order valence-electron chi connectivity index (χ1n) is 23.8. The zero-order chi connectivity index (χ0) is 48.1. The minimum Gasteiger partial charge on any atom is -0.486 e. The summed E-state index contributed by atoms with van der Waals surface area (Å²) in [6.07, 6.45) is 2.92. The van der Waals surface area contributed by atoms with Crippen LogP contribution in [0.2, 0.25) is 17.3 Å². The van der Waals surface area contributed by atoms with Gasteiger partial charge >= 0.3 is 143 Å². The fourth-order valence-corrected chi connectivity index (χ4v) is 9.98. The minimum absolute atomic E-state index is 0. The molecule has 5 nitrogen and oxygen atoms in total. The fraction of sp³-hybridized carbons (Fsp3) is 0.306. The minimum atomic E-state index is -2.55. The molecule has 0 spiro atoms. The van der Waals surface area contributed by atoms with Crippen molar-refractivity contribution in [2.45, 2.75) is 83.2 Å². The van der Waals surface area contributed by atoms with Crippen molar-refractivity contribution in [3.8, 4) is 39.8 Å². The molecule has 0 bridgehead atoms. The van der Waals surface area contributed by atoms with E-state index in [1.54, 1.807) is 18.3 Å². The molecule has 1 fully saturated rings. The third-order valence-electron chi connectivity index (χ3n) is 9.78. The van der Waals surface area contributed by atoms with Crippen molar-refractivity contribution >= 4 is 39.7 Å². The van der Waals surface area contributed by atoms with Crippen LogP contribution in [0.1, 0.15) is 81.1 Å². The van der Waals surface area contributed by atoms with Gasteiger partial charge in [-0.2, -0.15) is 0 Å². The van der Waals surface area contributed by atoms with Gasteiger partial charge in [-0.3, -0.25) is 0 Å². The van der Waals surface area contributed by atoms with Crippen molar-refractivity contribution in [2.24, 2.45) is 11.8 Å². The number of aryl methyl sites for hydroxylation is 2. The molecule has 0 N–H and O–H groups in total. The molecule has 1 aliphatic rings. The Morgan fingerprint density at radius 3 is 2.35 bits per heavy atom. The molecule has 0 amide bonds. The first-order chi connectivity index (χ1) is 30.8. The molecule has 4 heterocycles. The summed E-state index contributed by atoms with van der Waals surface area (Å²) < 4.78 is 103. The molecule has 1 radical (unpaired) electrons. The number of furan rings is 1. The standard InChI is InChI=1S/C30H24N3O.C19H25FGeN.Ir/c1-19-15-27(32-18-23(19)16-20-7-5-6-8-20)24-12-11-22(17-31)28-25-13-14-26(21-9-3-2-4-10-21)33-30(25)34-29(24)28;1-13(2)9-15-11-19(22-12-18(15)21(4,5)6)16-8-7-14(3)10-17(16)20;/h2-4,9-11,13-15,18,20H,5-8,16H2,1H3;7,10-13H,9H2,1-6H3;/q2*-1;/i1D3,16D2;3D3,9D2;. The van der Waals surface area contributed by atoms with Crippen molar-refractivity contribution in [1.29, 1.82) is 5.26 Å². The number of aromatic nitrogens is 3. The molecule has 1 saturated carbocycles. The molecule has 8 rings (SSSR count). The molecule has 4 aromatic heterocycles. The monoisotopic (exact) mass is 1010 g/mol. The summed E-state index contributed by atoms with van der Waals surface area (Å²) in [7, 11) is 0. The van der Waals surface area contributed by atoms with E-state index < -0.39 is 45.5 Å². The molecule has 0 saturated heterocycles. The molecular weight excluding hydrogens is 944 g/mol. The second kappa shape index (κ2) is 18.0. The van der Waals surface area contributed by atoms with Crippen LogP contribution in [0.25, 0.3) is 55.8 Å². The van der Waals surface area contributed by atoms with Crippen LogP contribution in [-0.4, -0.2) is 28.2 Å². The maximum atomic E-state index is 14.6. The van der Waals surface area contributed by atoms with Crippen molar-refractivity contribution < 1.29 is 42.6 Å². The Kier molecular flexibility index (Phi) is 9.65. The number of rotatable bonds is 8. The summed E-state index contributed by atoms with van der Waals surface area (Å²) in [5, 5.41) is 11.0. The average Bonchev–Trinajstić information content (AvgIpc) is 3.95. The number of hydrogen-bond acceptors (Lipinski definition) is 5. The molecule has 0 unspecified atom stereocenters. The van der Waals surface area contributed by atoms with Gasteiger partial charge < -0.3 is 9.40 Å². The number of nitriles is 1. The summed E-state index contributed by atoms with van der Waals surface area (Å²) in [5.74, 6) is 5.25. The van der Waals surface area contributed by atoms with Crippen LogP contribution in [0.15, 0.2) is 89.6 Å². The van der Waals surface area contributed by atoms with E-state index in [1.807, 2.05) is 56.3 Å². The predicted molar refractivity (Wildman–Crippen MR) is 229 cm³/mol. The molecule has 3 aromatic carbocycles. The Labute approximate surface area is 367 Å². The predicted octanol–water partition coefficient (Wildman–Crippen LogP) is 12.2. The molecule has 7 aromatic rings. The van der Waals surface area contributed by atoms with Gasteiger partial charge in [0.2, 0.25) is 5.71 Å².